The van der Waals surface area contributed by atoms with Crippen molar-refractivity contribution in [3.8, 4) is 11.3 Å². The number of benzene rings is 3. The van der Waals surface area contributed by atoms with Crippen molar-refractivity contribution in [2.45, 2.75) is 32.2 Å². The molecular weight excluding hydrogens is 521 g/mol. The molecule has 0 saturated carbocycles. The van der Waals surface area contributed by atoms with Gasteiger partial charge >= 0.3 is 12.1 Å². The number of nitrogens with zero attached hydrogens (tertiary/aromatic N) is 3. The lowest BCUT2D eigenvalue weighted by Gasteiger charge is -2.21. The molecule has 1 aliphatic rings. The van der Waals surface area contributed by atoms with E-state index < -0.39 is 23.8 Å². The highest BCUT2D eigenvalue weighted by atomic mass is 19.4. The second-order valence-corrected chi connectivity index (χ2v) is 9.56. The number of methoxy groups -OCH3 is 1. The van der Waals surface area contributed by atoms with E-state index in [1.54, 1.807) is 35.0 Å². The Morgan fingerprint density at radius 2 is 1.73 bits per heavy atom. The van der Waals surface area contributed by atoms with Crippen molar-refractivity contribution in [3.63, 3.8) is 0 Å². The molecule has 0 fully saturated rings. The summed E-state index contributed by atoms with van der Waals surface area (Å²) >= 11 is 0. The van der Waals surface area contributed by atoms with Crippen LogP contribution in [-0.4, -0.2) is 35.3 Å². The van der Waals surface area contributed by atoms with E-state index in [1.165, 1.54) is 13.2 Å². The molecule has 0 radical (unpaired) electrons. The Morgan fingerprint density at radius 3 is 2.40 bits per heavy atom. The second-order valence-electron chi connectivity index (χ2n) is 9.56. The maximum absolute atomic E-state index is 13.8. The van der Waals surface area contributed by atoms with Gasteiger partial charge in [0.2, 0.25) is 0 Å². The molecule has 4 aromatic rings. The van der Waals surface area contributed by atoms with Gasteiger partial charge in [-0.1, -0.05) is 54.6 Å². The zero-order valence-electron chi connectivity index (χ0n) is 21.9. The van der Waals surface area contributed by atoms with E-state index in [2.05, 4.69) is 5.32 Å². The summed E-state index contributed by atoms with van der Waals surface area (Å²) in [5.41, 5.74) is 2.55. The molecule has 206 valence electrons. The predicted octanol–water partition coefficient (Wildman–Crippen LogP) is 5.87. The van der Waals surface area contributed by atoms with Gasteiger partial charge < -0.3 is 15.0 Å². The van der Waals surface area contributed by atoms with Crippen LogP contribution in [0.3, 0.4) is 0 Å². The van der Waals surface area contributed by atoms with Crippen LogP contribution in [0.25, 0.3) is 11.3 Å². The fraction of sp³-hybridized carbons (Fsp3) is 0.233. The molecule has 0 saturated heterocycles. The Balaban J connectivity index is 1.47. The summed E-state index contributed by atoms with van der Waals surface area (Å²) in [6.07, 6.45) is -4.44. The number of ether oxygens (including phenoxy) is 1. The van der Waals surface area contributed by atoms with Crippen LogP contribution in [0.1, 0.15) is 50.4 Å². The molecule has 0 unspecified atom stereocenters. The molecule has 1 aromatic heterocycles. The van der Waals surface area contributed by atoms with E-state index >= 15 is 0 Å². The second kappa shape index (κ2) is 10.9. The summed E-state index contributed by atoms with van der Waals surface area (Å²) < 4.78 is 46.4. The average Bonchev–Trinajstić information content (AvgIpc) is 3.52. The molecule has 0 aliphatic carbocycles. The largest absolute Gasteiger partial charge is 0.465 e. The number of fused-ring (bicyclic) bond motifs is 1. The van der Waals surface area contributed by atoms with Crippen molar-refractivity contribution in [2.24, 2.45) is 0 Å². The number of carbonyl (C=O) groups excluding carboxylic acids is 2. The van der Waals surface area contributed by atoms with Crippen molar-refractivity contribution < 1.29 is 27.5 Å². The lowest BCUT2D eigenvalue weighted by atomic mass is 10.0. The topological polar surface area (TPSA) is 76.5 Å². The van der Waals surface area contributed by atoms with Crippen molar-refractivity contribution in [1.29, 1.82) is 0 Å². The quantitative estimate of drug-likeness (QED) is 0.293. The first-order valence-corrected chi connectivity index (χ1v) is 12.7. The Labute approximate surface area is 229 Å². The van der Waals surface area contributed by atoms with E-state index in [9.17, 15) is 22.8 Å². The van der Waals surface area contributed by atoms with Gasteiger partial charge in [-0.2, -0.15) is 18.3 Å². The number of carbonyl (C=O) groups is 2. The van der Waals surface area contributed by atoms with Gasteiger partial charge in [-0.25, -0.2) is 9.48 Å². The number of nitrogens with one attached hydrogen (secondary N) is 1. The number of hydrogen-bond acceptors (Lipinski definition) is 5. The molecule has 1 aliphatic heterocycles. The number of aromatic nitrogens is 2. The number of amides is 1. The highest BCUT2D eigenvalue weighted by Crippen LogP contribution is 2.36. The van der Waals surface area contributed by atoms with Gasteiger partial charge in [-0.05, 0) is 42.3 Å². The molecule has 40 heavy (non-hydrogen) atoms. The van der Waals surface area contributed by atoms with Crippen LogP contribution in [0.15, 0.2) is 78.9 Å². The maximum atomic E-state index is 13.8. The van der Waals surface area contributed by atoms with E-state index in [0.717, 1.165) is 23.3 Å². The van der Waals surface area contributed by atoms with Gasteiger partial charge in [0.05, 0.1) is 30.8 Å². The minimum Gasteiger partial charge on any atom is -0.465 e. The van der Waals surface area contributed by atoms with Gasteiger partial charge in [0.1, 0.15) is 17.1 Å². The molecule has 1 amide bonds. The van der Waals surface area contributed by atoms with Crippen LogP contribution >= 0.6 is 0 Å². The van der Waals surface area contributed by atoms with E-state index in [1.807, 2.05) is 42.2 Å². The van der Waals surface area contributed by atoms with Crippen LogP contribution in [0.5, 0.6) is 0 Å². The number of rotatable bonds is 7. The molecule has 3 aromatic carbocycles. The van der Waals surface area contributed by atoms with Crippen molar-refractivity contribution >= 4 is 17.7 Å². The summed E-state index contributed by atoms with van der Waals surface area (Å²) in [4.78, 5) is 27.5. The van der Waals surface area contributed by atoms with Crippen molar-refractivity contribution in [3.05, 3.63) is 107 Å². The predicted molar refractivity (Wildman–Crippen MR) is 144 cm³/mol. The smallest absolute Gasteiger partial charge is 0.416 e. The minimum atomic E-state index is -4.44. The standard InChI is InChI=1S/C30H27F3N4O3/c1-19(21-11-13-23(14-12-21)29(39)40-2)34-27(38)25-26(22-8-4-3-5-9-22)35-37-16-15-36(28(25)37)18-20-7-6-10-24(17-20)30(31,32)33/h3-14,17,19H,15-16,18H2,1-2H3,(H,34,38)/t19-/m0/s1. The van der Waals surface area contributed by atoms with E-state index in [0.29, 0.717) is 41.3 Å². The zero-order chi connectivity index (χ0) is 28.4. The molecular formula is C30H27F3N4O3. The van der Waals surface area contributed by atoms with E-state index in [-0.39, 0.29) is 12.5 Å². The van der Waals surface area contributed by atoms with Crippen LogP contribution < -0.4 is 10.2 Å². The molecule has 1 N–H and O–H groups in total. The monoisotopic (exact) mass is 548 g/mol. The minimum absolute atomic E-state index is 0.189. The summed E-state index contributed by atoms with van der Waals surface area (Å²) in [5.74, 6) is -0.255. The molecule has 7 nitrogen and oxygen atoms in total. The first-order chi connectivity index (χ1) is 19.2. The number of halogens is 3. The third-order valence-electron chi connectivity index (χ3n) is 6.89. The van der Waals surface area contributed by atoms with Gasteiger partial charge in [0.25, 0.3) is 5.91 Å². The van der Waals surface area contributed by atoms with Gasteiger partial charge in [-0.15, -0.1) is 0 Å². The fourth-order valence-electron chi connectivity index (χ4n) is 4.86. The van der Waals surface area contributed by atoms with Gasteiger partial charge in [-0.3, -0.25) is 4.79 Å². The number of alkyl halides is 3. The average molecular weight is 549 g/mol. The maximum Gasteiger partial charge on any atom is 0.416 e. The third kappa shape index (κ3) is 5.42. The first kappa shape index (κ1) is 27.0. The molecule has 0 spiro atoms. The van der Waals surface area contributed by atoms with Gasteiger partial charge in [0.15, 0.2) is 0 Å². The Bertz CT molecular complexity index is 1530. The Kier molecular flexibility index (Phi) is 7.34. The van der Waals surface area contributed by atoms with Crippen LogP contribution in [0.2, 0.25) is 0 Å². The number of hydrogen-bond donors (Lipinski definition) is 1. The SMILES string of the molecule is COC(=O)c1ccc([C@H](C)NC(=O)c2c(-c3ccccc3)nn3c2N(Cc2cccc(C(F)(F)F)c2)CC3)cc1. The van der Waals surface area contributed by atoms with Crippen LogP contribution in [0.4, 0.5) is 19.0 Å². The number of esters is 1. The molecule has 10 heteroatoms. The number of anilines is 1. The fourth-order valence-corrected chi connectivity index (χ4v) is 4.86. The molecule has 0 bridgehead atoms. The third-order valence-corrected chi connectivity index (χ3v) is 6.89. The molecule has 5 rings (SSSR count). The zero-order valence-corrected chi connectivity index (χ0v) is 21.9. The summed E-state index contributed by atoms with van der Waals surface area (Å²) in [6.45, 7) is 3.01. The highest BCUT2D eigenvalue weighted by molar-refractivity contribution is 6.05. The lowest BCUT2D eigenvalue weighted by Crippen LogP contribution is -2.29. The van der Waals surface area contributed by atoms with Gasteiger partial charge in [0, 0.05) is 18.7 Å². The Hall–Kier alpha value is -4.60. The van der Waals surface area contributed by atoms with Crippen molar-refractivity contribution in [2.75, 3.05) is 18.6 Å². The van der Waals surface area contributed by atoms with Crippen LogP contribution in [-0.2, 0) is 24.0 Å². The lowest BCUT2D eigenvalue weighted by molar-refractivity contribution is -0.137. The molecule has 1 atom stereocenters. The summed E-state index contributed by atoms with van der Waals surface area (Å²) in [7, 11) is 1.31. The van der Waals surface area contributed by atoms with E-state index in [4.69, 9.17) is 9.84 Å². The summed E-state index contributed by atoms with van der Waals surface area (Å²) in [6, 6.07) is 20.9. The van der Waals surface area contributed by atoms with Crippen molar-refractivity contribution in [1.82, 2.24) is 15.1 Å². The van der Waals surface area contributed by atoms with Crippen LogP contribution in [0, 0.1) is 0 Å². The highest BCUT2D eigenvalue weighted by Gasteiger charge is 2.34. The Morgan fingerprint density at radius 1 is 1.00 bits per heavy atom. The first-order valence-electron chi connectivity index (χ1n) is 12.7. The molecule has 2 heterocycles. The summed E-state index contributed by atoms with van der Waals surface area (Å²) in [5, 5.41) is 7.76. The normalized spacial score (nSPS) is 13.6.